The molecule has 116 valence electrons. The Bertz CT molecular complexity index is 950. The third kappa shape index (κ3) is 2.93. The minimum atomic E-state index is 0. The molecule has 24 heavy (non-hydrogen) atoms. The monoisotopic (exact) mass is 366 g/mol. The molecule has 1 aliphatic rings. The predicted octanol–water partition coefficient (Wildman–Crippen LogP) is 3.59. The van der Waals surface area contributed by atoms with Crippen molar-refractivity contribution in [3.05, 3.63) is 75.3 Å². The third-order valence-corrected chi connectivity index (χ3v) is 4.42. The van der Waals surface area contributed by atoms with Gasteiger partial charge in [-0.3, -0.25) is 9.56 Å². The Kier molecular flexibility index (Phi) is 5.13. The third-order valence-electron chi connectivity index (χ3n) is 3.85. The fraction of sp³-hybridized carbons (Fsp3) is 0.118. The van der Waals surface area contributed by atoms with E-state index in [4.69, 9.17) is 28.2 Å². The topological polar surface area (TPSA) is 43.1 Å². The second-order valence-electron chi connectivity index (χ2n) is 5.31. The number of hydrogen-bond donors (Lipinski definition) is 0. The van der Waals surface area contributed by atoms with Crippen LogP contribution in [0.15, 0.2) is 47.5 Å². The van der Waals surface area contributed by atoms with Crippen LogP contribution in [0.4, 0.5) is 0 Å². The summed E-state index contributed by atoms with van der Waals surface area (Å²) in [7, 11) is 0. The number of fused-ring (bicyclic) bond motifs is 3. The molecule has 0 atom stereocenters. The first-order valence-electron chi connectivity index (χ1n) is 7.15. The van der Waals surface area contributed by atoms with E-state index in [-0.39, 0.29) is 29.6 Å². The molecule has 0 amide bonds. The molecule has 0 N–H and O–H groups in total. The molecule has 1 aromatic heterocycles. The van der Waals surface area contributed by atoms with Gasteiger partial charge in [0.1, 0.15) is 12.4 Å². The van der Waals surface area contributed by atoms with Gasteiger partial charge in [0.05, 0.1) is 11.4 Å². The molecule has 0 spiro atoms. The van der Waals surface area contributed by atoms with Gasteiger partial charge in [-0.2, -0.15) is 0 Å². The molecule has 2 aromatic carbocycles. The number of aliphatic imine (C=N–C) groups is 1. The van der Waals surface area contributed by atoms with E-state index in [1.54, 1.807) is 0 Å². The number of aromatic nitrogens is 3. The van der Waals surface area contributed by atoms with E-state index in [9.17, 15) is 0 Å². The van der Waals surface area contributed by atoms with Crippen LogP contribution in [-0.2, 0) is 6.54 Å². The standard InChI is InChI=1S/C17H12Cl2N4.Na.H/c1-10-21-22-16-9-20-17(12-4-2-3-5-14(12)19)13-8-11(18)6-7-15(13)23(10)16;;/h2-8H,9H2,1H3;;. The van der Waals surface area contributed by atoms with E-state index >= 15 is 0 Å². The summed E-state index contributed by atoms with van der Waals surface area (Å²) in [6.45, 7) is 2.36. The first-order valence-corrected chi connectivity index (χ1v) is 7.91. The zero-order valence-electron chi connectivity index (χ0n) is 12.3. The molecule has 4 rings (SSSR count). The van der Waals surface area contributed by atoms with Crippen molar-refractivity contribution in [3.8, 4) is 5.69 Å². The van der Waals surface area contributed by atoms with Crippen LogP contribution in [0.5, 0.6) is 0 Å². The van der Waals surface area contributed by atoms with Crippen LogP contribution in [0, 0.1) is 6.92 Å². The number of hydrogen-bond acceptors (Lipinski definition) is 3. The Morgan fingerprint density at radius 1 is 1.00 bits per heavy atom. The normalized spacial score (nSPS) is 12.5. The van der Waals surface area contributed by atoms with E-state index in [1.165, 1.54) is 0 Å². The van der Waals surface area contributed by atoms with Crippen molar-refractivity contribution in [3.63, 3.8) is 0 Å². The van der Waals surface area contributed by atoms with Crippen LogP contribution >= 0.6 is 23.2 Å². The van der Waals surface area contributed by atoms with E-state index in [0.29, 0.717) is 16.6 Å². The van der Waals surface area contributed by atoms with Crippen LogP contribution in [0.2, 0.25) is 10.0 Å². The number of benzene rings is 2. The van der Waals surface area contributed by atoms with Crippen LogP contribution in [0.25, 0.3) is 5.69 Å². The Morgan fingerprint density at radius 3 is 2.58 bits per heavy atom. The average Bonchev–Trinajstić information content (AvgIpc) is 2.82. The number of rotatable bonds is 1. The minimum absolute atomic E-state index is 0. The Hall–Kier alpha value is -1.17. The summed E-state index contributed by atoms with van der Waals surface area (Å²) in [5.41, 5.74) is 3.59. The van der Waals surface area contributed by atoms with E-state index < -0.39 is 0 Å². The molecule has 0 saturated carbocycles. The summed E-state index contributed by atoms with van der Waals surface area (Å²) < 4.78 is 2.01. The van der Waals surface area contributed by atoms with Gasteiger partial charge in [0.2, 0.25) is 0 Å². The van der Waals surface area contributed by atoms with Crippen molar-refractivity contribution in [1.29, 1.82) is 0 Å². The van der Waals surface area contributed by atoms with Gasteiger partial charge in [0, 0.05) is 21.2 Å². The van der Waals surface area contributed by atoms with Crippen LogP contribution in [-0.4, -0.2) is 50.0 Å². The van der Waals surface area contributed by atoms with E-state index in [2.05, 4.69) is 10.2 Å². The Labute approximate surface area is 171 Å². The van der Waals surface area contributed by atoms with Crippen molar-refractivity contribution in [2.24, 2.45) is 4.99 Å². The predicted molar refractivity (Wildman–Crippen MR) is 99.1 cm³/mol. The zero-order chi connectivity index (χ0) is 16.0. The molecule has 0 fully saturated rings. The molecular weight excluding hydrogens is 354 g/mol. The summed E-state index contributed by atoms with van der Waals surface area (Å²) in [5.74, 6) is 1.62. The maximum absolute atomic E-state index is 6.39. The summed E-state index contributed by atoms with van der Waals surface area (Å²) in [5, 5.41) is 9.70. The maximum atomic E-state index is 6.39. The van der Waals surface area contributed by atoms with Gasteiger partial charge in [-0.15, -0.1) is 10.2 Å². The molecular formula is C17H13Cl2N4Na. The van der Waals surface area contributed by atoms with Crippen molar-refractivity contribution in [2.75, 3.05) is 0 Å². The molecule has 0 bridgehead atoms. The average molecular weight is 367 g/mol. The van der Waals surface area contributed by atoms with Crippen molar-refractivity contribution < 1.29 is 0 Å². The molecule has 3 aromatic rings. The van der Waals surface area contributed by atoms with Gasteiger partial charge in [-0.05, 0) is 31.2 Å². The van der Waals surface area contributed by atoms with Gasteiger partial charge in [-0.25, -0.2) is 0 Å². The second-order valence-corrected chi connectivity index (χ2v) is 6.15. The first kappa shape index (κ1) is 17.6. The summed E-state index contributed by atoms with van der Waals surface area (Å²) in [4.78, 5) is 4.74. The van der Waals surface area contributed by atoms with E-state index in [1.807, 2.05) is 54.0 Å². The van der Waals surface area contributed by atoms with E-state index in [0.717, 1.165) is 34.2 Å². The molecule has 0 saturated heterocycles. The number of halogens is 2. The molecule has 2 heterocycles. The summed E-state index contributed by atoms with van der Waals surface area (Å²) in [6.07, 6.45) is 0. The molecule has 4 nitrogen and oxygen atoms in total. The number of nitrogens with zero attached hydrogens (tertiary/aromatic N) is 4. The molecule has 0 radical (unpaired) electrons. The van der Waals surface area contributed by atoms with Crippen molar-refractivity contribution in [2.45, 2.75) is 13.5 Å². The quantitative estimate of drug-likeness (QED) is 0.617. The molecule has 0 unspecified atom stereocenters. The Balaban J connectivity index is 0.00000169. The SMILES string of the molecule is Cc1nnc2n1-c1ccc(Cl)cc1C(c1ccccc1Cl)=NC2.[NaH]. The van der Waals surface area contributed by atoms with Gasteiger partial charge < -0.3 is 0 Å². The fourth-order valence-electron chi connectivity index (χ4n) is 2.83. The molecule has 0 aliphatic carbocycles. The van der Waals surface area contributed by atoms with Crippen LogP contribution in [0.1, 0.15) is 22.8 Å². The van der Waals surface area contributed by atoms with Gasteiger partial charge in [0.25, 0.3) is 0 Å². The van der Waals surface area contributed by atoms with Crippen LogP contribution in [0.3, 0.4) is 0 Å². The Morgan fingerprint density at radius 2 is 1.79 bits per heavy atom. The molecule has 7 heteroatoms. The summed E-state index contributed by atoms with van der Waals surface area (Å²) >= 11 is 12.6. The van der Waals surface area contributed by atoms with Crippen molar-refractivity contribution >= 4 is 58.5 Å². The zero-order valence-corrected chi connectivity index (χ0v) is 13.8. The number of aryl methyl sites for hydroxylation is 1. The second kappa shape index (κ2) is 6.98. The fourth-order valence-corrected chi connectivity index (χ4v) is 3.23. The first-order chi connectivity index (χ1) is 11.1. The summed E-state index contributed by atoms with van der Waals surface area (Å²) in [6, 6.07) is 13.4. The van der Waals surface area contributed by atoms with Gasteiger partial charge in [-0.1, -0.05) is 41.4 Å². The van der Waals surface area contributed by atoms with Gasteiger partial charge in [0.15, 0.2) is 5.82 Å². The van der Waals surface area contributed by atoms with Gasteiger partial charge >= 0.3 is 29.6 Å². The molecule has 1 aliphatic heterocycles. The van der Waals surface area contributed by atoms with Crippen LogP contribution < -0.4 is 0 Å². The van der Waals surface area contributed by atoms with Crippen molar-refractivity contribution in [1.82, 2.24) is 14.8 Å².